The summed E-state index contributed by atoms with van der Waals surface area (Å²) in [6.07, 6.45) is 3.40. The van der Waals surface area contributed by atoms with Gasteiger partial charge in [0, 0.05) is 11.1 Å². The number of aromatic amines is 2. The number of rotatable bonds is 3. The van der Waals surface area contributed by atoms with Crippen molar-refractivity contribution in [1.82, 2.24) is 25.1 Å². The van der Waals surface area contributed by atoms with Crippen LogP contribution in [0.4, 0.5) is 0 Å². The first-order chi connectivity index (χ1) is 9.22. The molecule has 0 spiro atoms. The predicted molar refractivity (Wildman–Crippen MR) is 73.1 cm³/mol. The van der Waals surface area contributed by atoms with Crippen molar-refractivity contribution < 1.29 is 0 Å². The van der Waals surface area contributed by atoms with E-state index in [4.69, 9.17) is 0 Å². The van der Waals surface area contributed by atoms with Gasteiger partial charge in [-0.1, -0.05) is 6.42 Å². The normalized spacial score (nSPS) is 20.8. The molecule has 0 saturated carbocycles. The van der Waals surface area contributed by atoms with E-state index in [-0.39, 0.29) is 11.7 Å². The molecule has 2 N–H and O–H groups in total. The Hall–Kier alpha value is -1.47. The van der Waals surface area contributed by atoms with Gasteiger partial charge in [-0.2, -0.15) is 5.10 Å². The van der Waals surface area contributed by atoms with E-state index in [1.807, 2.05) is 6.92 Å². The van der Waals surface area contributed by atoms with Crippen LogP contribution in [0.5, 0.6) is 0 Å². The molecule has 1 atom stereocenters. The smallest absolute Gasteiger partial charge is 0.292 e. The standard InChI is InChI=1S/C12H17N5OS/c1-8-7-19-10(13-8)6-17-5-3-2-4-9(17)11-14-12(18)16-15-11/h7,9H,2-6H2,1H3,(H2,14,15,16,18). The minimum absolute atomic E-state index is 0.192. The van der Waals surface area contributed by atoms with Crippen molar-refractivity contribution in [3.63, 3.8) is 0 Å². The first-order valence-electron chi connectivity index (χ1n) is 6.52. The second-order valence-electron chi connectivity index (χ2n) is 4.93. The third-order valence-corrected chi connectivity index (χ3v) is 4.41. The number of thiazole rings is 1. The van der Waals surface area contributed by atoms with Crippen molar-refractivity contribution in [3.05, 3.63) is 32.4 Å². The monoisotopic (exact) mass is 279 g/mol. The molecule has 1 unspecified atom stereocenters. The number of aromatic nitrogens is 4. The number of piperidine rings is 1. The summed E-state index contributed by atoms with van der Waals surface area (Å²) < 4.78 is 0. The molecule has 19 heavy (non-hydrogen) atoms. The third kappa shape index (κ3) is 2.76. The Morgan fingerprint density at radius 1 is 1.53 bits per heavy atom. The minimum Gasteiger partial charge on any atom is -0.292 e. The lowest BCUT2D eigenvalue weighted by atomic mass is 10.0. The molecule has 0 bridgehead atoms. The molecule has 1 aliphatic rings. The number of hydrogen-bond acceptors (Lipinski definition) is 5. The van der Waals surface area contributed by atoms with Crippen LogP contribution in [0.2, 0.25) is 0 Å². The Morgan fingerprint density at radius 2 is 2.42 bits per heavy atom. The van der Waals surface area contributed by atoms with Crippen LogP contribution in [0.3, 0.4) is 0 Å². The maximum Gasteiger partial charge on any atom is 0.340 e. The van der Waals surface area contributed by atoms with E-state index in [0.29, 0.717) is 0 Å². The molecule has 1 fully saturated rings. The molecule has 2 aromatic heterocycles. The summed E-state index contributed by atoms with van der Waals surface area (Å²) in [5.74, 6) is 0.748. The molecule has 7 heteroatoms. The van der Waals surface area contributed by atoms with Crippen molar-refractivity contribution in [2.45, 2.75) is 38.8 Å². The topological polar surface area (TPSA) is 77.7 Å². The van der Waals surface area contributed by atoms with E-state index in [0.717, 1.165) is 36.0 Å². The van der Waals surface area contributed by atoms with Crippen LogP contribution >= 0.6 is 11.3 Å². The fraction of sp³-hybridized carbons (Fsp3) is 0.583. The summed E-state index contributed by atoms with van der Waals surface area (Å²) in [7, 11) is 0. The molecule has 3 rings (SSSR count). The molecular formula is C12H17N5OS. The Kier molecular flexibility index (Phi) is 3.48. The first kappa shape index (κ1) is 12.6. The lowest BCUT2D eigenvalue weighted by Crippen LogP contribution is -2.33. The zero-order valence-electron chi connectivity index (χ0n) is 10.8. The SMILES string of the molecule is Cc1csc(CN2CCCCC2c2n[nH]c(=O)[nH]2)n1. The average molecular weight is 279 g/mol. The summed E-state index contributed by atoms with van der Waals surface area (Å²) in [4.78, 5) is 20.9. The van der Waals surface area contributed by atoms with Gasteiger partial charge in [-0.05, 0) is 26.3 Å². The maximum atomic E-state index is 11.2. The van der Waals surface area contributed by atoms with Crippen molar-refractivity contribution in [2.24, 2.45) is 0 Å². The second-order valence-corrected chi connectivity index (χ2v) is 5.87. The van der Waals surface area contributed by atoms with E-state index >= 15 is 0 Å². The fourth-order valence-electron chi connectivity index (χ4n) is 2.58. The van der Waals surface area contributed by atoms with Crippen LogP contribution in [0.25, 0.3) is 0 Å². The zero-order valence-corrected chi connectivity index (χ0v) is 11.7. The van der Waals surface area contributed by atoms with Crippen LogP contribution in [-0.2, 0) is 6.54 Å². The number of likely N-dealkylation sites (tertiary alicyclic amines) is 1. The maximum absolute atomic E-state index is 11.2. The molecule has 1 saturated heterocycles. The largest absolute Gasteiger partial charge is 0.340 e. The Morgan fingerprint density at radius 3 is 3.11 bits per heavy atom. The van der Waals surface area contributed by atoms with E-state index in [1.165, 1.54) is 12.8 Å². The molecule has 0 amide bonds. The van der Waals surface area contributed by atoms with E-state index in [1.54, 1.807) is 11.3 Å². The van der Waals surface area contributed by atoms with Crippen LogP contribution in [0.1, 0.15) is 41.8 Å². The minimum atomic E-state index is -0.231. The summed E-state index contributed by atoms with van der Waals surface area (Å²) in [5, 5.41) is 9.74. The summed E-state index contributed by atoms with van der Waals surface area (Å²) in [5.41, 5.74) is 0.840. The number of nitrogens with zero attached hydrogens (tertiary/aromatic N) is 3. The fourth-order valence-corrected chi connectivity index (χ4v) is 3.38. The molecule has 1 aliphatic heterocycles. The highest BCUT2D eigenvalue weighted by Gasteiger charge is 2.27. The van der Waals surface area contributed by atoms with E-state index in [9.17, 15) is 4.79 Å². The highest BCUT2D eigenvalue weighted by Crippen LogP contribution is 2.30. The highest BCUT2D eigenvalue weighted by molar-refractivity contribution is 7.09. The number of hydrogen-bond donors (Lipinski definition) is 2. The number of aryl methyl sites for hydroxylation is 1. The number of nitrogens with one attached hydrogen (secondary N) is 2. The zero-order chi connectivity index (χ0) is 13.2. The summed E-state index contributed by atoms with van der Waals surface area (Å²) in [6.45, 7) is 3.87. The Labute approximate surface area is 114 Å². The Bertz CT molecular complexity index is 601. The molecule has 2 aromatic rings. The average Bonchev–Trinajstić information content (AvgIpc) is 2.99. The van der Waals surface area contributed by atoms with Gasteiger partial charge >= 0.3 is 5.69 Å². The van der Waals surface area contributed by atoms with E-state index in [2.05, 4.69) is 30.4 Å². The van der Waals surface area contributed by atoms with Crippen LogP contribution in [0, 0.1) is 6.92 Å². The molecule has 0 aliphatic carbocycles. The van der Waals surface area contributed by atoms with Crippen LogP contribution < -0.4 is 5.69 Å². The van der Waals surface area contributed by atoms with Gasteiger partial charge in [0.15, 0.2) is 0 Å². The lowest BCUT2D eigenvalue weighted by molar-refractivity contribution is 0.134. The van der Waals surface area contributed by atoms with Gasteiger partial charge in [0.25, 0.3) is 0 Å². The second kappa shape index (κ2) is 5.26. The molecule has 0 radical (unpaired) electrons. The summed E-state index contributed by atoms with van der Waals surface area (Å²) in [6, 6.07) is 0.192. The quantitative estimate of drug-likeness (QED) is 0.894. The van der Waals surface area contributed by atoms with Gasteiger partial charge in [0.1, 0.15) is 10.8 Å². The van der Waals surface area contributed by atoms with Gasteiger partial charge in [-0.25, -0.2) is 14.9 Å². The van der Waals surface area contributed by atoms with Crippen molar-refractivity contribution in [1.29, 1.82) is 0 Å². The first-order valence-corrected chi connectivity index (χ1v) is 7.40. The van der Waals surface area contributed by atoms with Gasteiger partial charge < -0.3 is 0 Å². The molecule has 0 aromatic carbocycles. The molecule has 6 nitrogen and oxygen atoms in total. The van der Waals surface area contributed by atoms with E-state index < -0.39 is 0 Å². The lowest BCUT2D eigenvalue weighted by Gasteiger charge is -2.33. The van der Waals surface area contributed by atoms with Crippen molar-refractivity contribution >= 4 is 11.3 Å². The molecule has 102 valence electrons. The molecular weight excluding hydrogens is 262 g/mol. The van der Waals surface area contributed by atoms with Gasteiger partial charge in [-0.3, -0.25) is 9.88 Å². The van der Waals surface area contributed by atoms with Gasteiger partial charge in [0.05, 0.1) is 12.6 Å². The Balaban J connectivity index is 1.79. The van der Waals surface area contributed by atoms with Gasteiger partial charge in [0.2, 0.25) is 0 Å². The van der Waals surface area contributed by atoms with Gasteiger partial charge in [-0.15, -0.1) is 11.3 Å². The third-order valence-electron chi connectivity index (χ3n) is 3.45. The molecule has 3 heterocycles. The van der Waals surface area contributed by atoms with Crippen LogP contribution in [0.15, 0.2) is 10.2 Å². The van der Waals surface area contributed by atoms with Crippen molar-refractivity contribution in [2.75, 3.05) is 6.54 Å². The van der Waals surface area contributed by atoms with Crippen LogP contribution in [-0.4, -0.2) is 31.6 Å². The summed E-state index contributed by atoms with van der Waals surface area (Å²) >= 11 is 1.69. The highest BCUT2D eigenvalue weighted by atomic mass is 32.1. The predicted octanol–water partition coefficient (Wildman–Crippen LogP) is 1.59. The number of H-pyrrole nitrogens is 2. The van der Waals surface area contributed by atoms with Crippen molar-refractivity contribution in [3.8, 4) is 0 Å².